The Morgan fingerprint density at radius 3 is 2.63 bits per heavy atom. The standard InChI is InChI=1S/C18H17N3O4S2/c1-25-18(22)21-14-4-6-15(7-5-14)27(23,24)20-12-13-8-9-19-16(11-13)17-3-2-10-26-17/h2-11,20H,12H2,1H3,(H,21,22). The molecule has 9 heteroatoms. The molecule has 0 atom stereocenters. The molecule has 0 saturated heterocycles. The molecule has 2 heterocycles. The van der Waals surface area contributed by atoms with Gasteiger partial charge < -0.3 is 4.74 Å². The number of nitrogens with zero attached hydrogens (tertiary/aromatic N) is 1. The van der Waals surface area contributed by atoms with Crippen LogP contribution in [0.5, 0.6) is 0 Å². The number of anilines is 1. The Bertz CT molecular complexity index is 1020. The summed E-state index contributed by atoms with van der Waals surface area (Å²) in [5.41, 5.74) is 2.05. The SMILES string of the molecule is COC(=O)Nc1ccc(S(=O)(=O)NCc2ccnc(-c3cccs3)c2)cc1. The van der Waals surface area contributed by atoms with E-state index in [1.165, 1.54) is 31.4 Å². The van der Waals surface area contributed by atoms with Gasteiger partial charge in [-0.1, -0.05) is 6.07 Å². The number of rotatable bonds is 6. The van der Waals surface area contributed by atoms with Gasteiger partial charge in [0.2, 0.25) is 10.0 Å². The average molecular weight is 403 g/mol. The molecule has 2 N–H and O–H groups in total. The lowest BCUT2D eigenvalue weighted by Gasteiger charge is -2.09. The largest absolute Gasteiger partial charge is 0.453 e. The second kappa shape index (κ2) is 8.30. The molecule has 7 nitrogen and oxygen atoms in total. The zero-order valence-electron chi connectivity index (χ0n) is 14.4. The molecule has 0 bridgehead atoms. The summed E-state index contributed by atoms with van der Waals surface area (Å²) in [5, 5.41) is 4.43. The second-order valence-electron chi connectivity index (χ2n) is 5.49. The molecule has 27 heavy (non-hydrogen) atoms. The monoisotopic (exact) mass is 403 g/mol. The van der Waals surface area contributed by atoms with E-state index in [0.717, 1.165) is 16.1 Å². The molecule has 3 aromatic rings. The minimum absolute atomic E-state index is 0.102. The number of sulfonamides is 1. The van der Waals surface area contributed by atoms with Crippen LogP contribution in [0.25, 0.3) is 10.6 Å². The number of ether oxygens (including phenoxy) is 1. The number of hydrogen-bond donors (Lipinski definition) is 2. The third-order valence-corrected chi connectivity index (χ3v) is 5.97. The average Bonchev–Trinajstić information content (AvgIpc) is 3.22. The summed E-state index contributed by atoms with van der Waals surface area (Å²) in [6.45, 7) is 0.144. The van der Waals surface area contributed by atoms with Crippen molar-refractivity contribution in [2.75, 3.05) is 12.4 Å². The first kappa shape index (κ1) is 19.0. The molecular formula is C18H17N3O4S2. The lowest BCUT2D eigenvalue weighted by molar-refractivity contribution is 0.187. The van der Waals surface area contributed by atoms with Crippen LogP contribution in [0.4, 0.5) is 10.5 Å². The van der Waals surface area contributed by atoms with Crippen molar-refractivity contribution in [3.8, 4) is 10.6 Å². The van der Waals surface area contributed by atoms with Gasteiger partial charge in [-0.05, 0) is 53.4 Å². The summed E-state index contributed by atoms with van der Waals surface area (Å²) in [6.07, 6.45) is 1.04. The molecule has 0 fully saturated rings. The second-order valence-corrected chi connectivity index (χ2v) is 8.21. The van der Waals surface area contributed by atoms with Crippen molar-refractivity contribution in [3.05, 3.63) is 65.7 Å². The molecule has 0 saturated carbocycles. The van der Waals surface area contributed by atoms with Crippen LogP contribution in [0.2, 0.25) is 0 Å². The van der Waals surface area contributed by atoms with Crippen molar-refractivity contribution in [1.82, 2.24) is 9.71 Å². The highest BCUT2D eigenvalue weighted by Gasteiger charge is 2.14. The number of carbonyl (C=O) groups excluding carboxylic acids is 1. The van der Waals surface area contributed by atoms with Gasteiger partial charge in [0, 0.05) is 18.4 Å². The quantitative estimate of drug-likeness (QED) is 0.657. The van der Waals surface area contributed by atoms with Crippen LogP contribution in [0.15, 0.2) is 65.0 Å². The van der Waals surface area contributed by atoms with Crippen molar-refractivity contribution in [3.63, 3.8) is 0 Å². The molecular weight excluding hydrogens is 386 g/mol. The van der Waals surface area contributed by atoms with Gasteiger partial charge in [-0.25, -0.2) is 17.9 Å². The Morgan fingerprint density at radius 1 is 1.19 bits per heavy atom. The normalized spacial score (nSPS) is 11.1. The Kier molecular flexibility index (Phi) is 5.84. The molecule has 2 aromatic heterocycles. The summed E-state index contributed by atoms with van der Waals surface area (Å²) >= 11 is 1.57. The summed E-state index contributed by atoms with van der Waals surface area (Å²) in [5.74, 6) is 0. The molecule has 140 valence electrons. The van der Waals surface area contributed by atoms with Gasteiger partial charge in [0.1, 0.15) is 0 Å². The van der Waals surface area contributed by atoms with Crippen LogP contribution in [0, 0.1) is 0 Å². The van der Waals surface area contributed by atoms with Crippen LogP contribution >= 0.6 is 11.3 Å². The van der Waals surface area contributed by atoms with Gasteiger partial charge in [-0.2, -0.15) is 0 Å². The highest BCUT2D eigenvalue weighted by molar-refractivity contribution is 7.89. The smallest absolute Gasteiger partial charge is 0.411 e. The van der Waals surface area contributed by atoms with Gasteiger partial charge in [0.25, 0.3) is 0 Å². The highest BCUT2D eigenvalue weighted by atomic mass is 32.2. The maximum Gasteiger partial charge on any atom is 0.411 e. The molecule has 1 aromatic carbocycles. The molecule has 0 unspecified atom stereocenters. The van der Waals surface area contributed by atoms with E-state index in [0.29, 0.717) is 5.69 Å². The van der Waals surface area contributed by atoms with Gasteiger partial charge in [-0.3, -0.25) is 10.3 Å². The number of benzene rings is 1. The summed E-state index contributed by atoms with van der Waals surface area (Å²) < 4.78 is 32.0. The zero-order chi connectivity index (χ0) is 19.3. The van der Waals surface area contributed by atoms with Crippen LogP contribution < -0.4 is 10.0 Å². The molecule has 0 aliphatic carbocycles. The van der Waals surface area contributed by atoms with E-state index in [-0.39, 0.29) is 11.4 Å². The third-order valence-electron chi connectivity index (χ3n) is 3.66. The van der Waals surface area contributed by atoms with Crippen molar-refractivity contribution >= 4 is 33.1 Å². The van der Waals surface area contributed by atoms with Gasteiger partial charge in [0.15, 0.2) is 0 Å². The molecule has 0 aliphatic heterocycles. The van der Waals surface area contributed by atoms with Crippen molar-refractivity contribution in [1.29, 1.82) is 0 Å². The molecule has 0 spiro atoms. The predicted octanol–water partition coefficient (Wildman–Crippen LogP) is 3.47. The molecule has 0 aliphatic rings. The van der Waals surface area contributed by atoms with Crippen LogP contribution in [-0.4, -0.2) is 26.6 Å². The topological polar surface area (TPSA) is 97.4 Å². The minimum atomic E-state index is -3.69. The van der Waals surface area contributed by atoms with E-state index < -0.39 is 16.1 Å². The van der Waals surface area contributed by atoms with Crippen LogP contribution in [0.1, 0.15) is 5.56 Å². The van der Waals surface area contributed by atoms with E-state index in [9.17, 15) is 13.2 Å². The number of hydrogen-bond acceptors (Lipinski definition) is 6. The van der Waals surface area contributed by atoms with Gasteiger partial charge in [-0.15, -0.1) is 11.3 Å². The van der Waals surface area contributed by atoms with Crippen molar-refractivity contribution < 1.29 is 17.9 Å². The number of thiophene rings is 1. The van der Waals surface area contributed by atoms with E-state index >= 15 is 0 Å². The van der Waals surface area contributed by atoms with Crippen molar-refractivity contribution in [2.45, 2.75) is 11.4 Å². The van der Waals surface area contributed by atoms with Crippen LogP contribution in [-0.2, 0) is 21.3 Å². The predicted molar refractivity (Wildman–Crippen MR) is 104 cm³/mol. The number of methoxy groups -OCH3 is 1. The van der Waals surface area contributed by atoms with E-state index in [1.54, 1.807) is 23.6 Å². The highest BCUT2D eigenvalue weighted by Crippen LogP contribution is 2.23. The molecule has 0 radical (unpaired) electrons. The fourth-order valence-electron chi connectivity index (χ4n) is 2.29. The number of aromatic nitrogens is 1. The fourth-order valence-corrected chi connectivity index (χ4v) is 4.00. The van der Waals surface area contributed by atoms with Crippen molar-refractivity contribution in [2.24, 2.45) is 0 Å². The summed E-state index contributed by atoms with van der Waals surface area (Å²) in [4.78, 5) is 16.6. The third kappa shape index (κ3) is 4.91. The molecule has 3 rings (SSSR count). The first-order valence-electron chi connectivity index (χ1n) is 7.91. The zero-order valence-corrected chi connectivity index (χ0v) is 16.0. The number of amides is 1. The lowest BCUT2D eigenvalue weighted by atomic mass is 10.2. The Hall–Kier alpha value is -2.75. The van der Waals surface area contributed by atoms with E-state index in [2.05, 4.69) is 19.8 Å². The number of nitrogens with one attached hydrogen (secondary N) is 2. The van der Waals surface area contributed by atoms with E-state index in [1.807, 2.05) is 23.6 Å². The maximum absolute atomic E-state index is 12.5. The van der Waals surface area contributed by atoms with E-state index in [4.69, 9.17) is 0 Å². The Labute approximate surface area is 161 Å². The Balaban J connectivity index is 1.68. The Morgan fingerprint density at radius 2 is 1.96 bits per heavy atom. The summed E-state index contributed by atoms with van der Waals surface area (Å²) in [6, 6.07) is 13.3. The maximum atomic E-state index is 12.5. The van der Waals surface area contributed by atoms with Gasteiger partial charge in [0.05, 0.1) is 22.6 Å². The first-order valence-corrected chi connectivity index (χ1v) is 10.3. The van der Waals surface area contributed by atoms with Gasteiger partial charge >= 0.3 is 6.09 Å². The van der Waals surface area contributed by atoms with Crippen LogP contribution in [0.3, 0.4) is 0 Å². The minimum Gasteiger partial charge on any atom is -0.453 e. The number of carbonyl (C=O) groups is 1. The lowest BCUT2D eigenvalue weighted by Crippen LogP contribution is -2.23. The fraction of sp³-hybridized carbons (Fsp3) is 0.111. The molecule has 1 amide bonds. The number of pyridine rings is 1. The first-order chi connectivity index (χ1) is 13.0. The summed E-state index contributed by atoms with van der Waals surface area (Å²) in [7, 11) is -2.44.